The first kappa shape index (κ1) is 13.0. The zero-order valence-corrected chi connectivity index (χ0v) is 9.03. The minimum absolute atomic E-state index is 0.362. The van der Waals surface area contributed by atoms with E-state index in [4.69, 9.17) is 5.73 Å². The van der Waals surface area contributed by atoms with Crippen LogP contribution < -0.4 is 5.73 Å². The molecule has 0 radical (unpaired) electrons. The number of alkyl halides is 3. The first-order valence-corrected chi connectivity index (χ1v) is 4.84. The average Bonchev–Trinajstić information content (AvgIpc) is 2.15. The molecule has 1 nitrogen and oxygen atoms in total. The van der Waals surface area contributed by atoms with E-state index in [1.54, 1.807) is 13.8 Å². The summed E-state index contributed by atoms with van der Waals surface area (Å²) in [5.74, 6) is -1.28. The Labute approximate surface area is 91.3 Å². The van der Waals surface area contributed by atoms with Gasteiger partial charge in [0.15, 0.2) is 0 Å². The predicted molar refractivity (Wildman–Crippen MR) is 53.2 cm³/mol. The number of nitrogens with two attached hydrogens (primary N) is 1. The summed E-state index contributed by atoms with van der Waals surface area (Å²) in [4.78, 5) is 0. The van der Waals surface area contributed by atoms with Gasteiger partial charge in [-0.15, -0.1) is 0 Å². The van der Waals surface area contributed by atoms with Crippen LogP contribution in [0.25, 0.3) is 0 Å². The molecule has 1 aromatic rings. The highest BCUT2D eigenvalue weighted by molar-refractivity contribution is 5.30. The Morgan fingerprint density at radius 2 is 1.81 bits per heavy atom. The lowest BCUT2D eigenvalue weighted by Crippen LogP contribution is -2.32. The van der Waals surface area contributed by atoms with Gasteiger partial charge in [0.2, 0.25) is 0 Å². The van der Waals surface area contributed by atoms with Gasteiger partial charge < -0.3 is 5.73 Å². The SMILES string of the molecule is CCC(C)(N)c1ccc(C(F)(F)F)c(F)c1. The fourth-order valence-corrected chi connectivity index (χ4v) is 1.30. The highest BCUT2D eigenvalue weighted by atomic mass is 19.4. The van der Waals surface area contributed by atoms with Crippen LogP contribution in [0.1, 0.15) is 31.4 Å². The maximum atomic E-state index is 13.2. The second-order valence-electron chi connectivity index (χ2n) is 3.96. The van der Waals surface area contributed by atoms with Crippen molar-refractivity contribution in [1.29, 1.82) is 0 Å². The van der Waals surface area contributed by atoms with Crippen LogP contribution >= 0.6 is 0 Å². The lowest BCUT2D eigenvalue weighted by molar-refractivity contribution is -0.140. The maximum absolute atomic E-state index is 13.2. The normalized spacial score (nSPS) is 15.9. The molecule has 0 saturated heterocycles. The third-order valence-electron chi connectivity index (χ3n) is 2.67. The molecule has 0 saturated carbocycles. The smallest absolute Gasteiger partial charge is 0.322 e. The summed E-state index contributed by atoms with van der Waals surface area (Å²) in [5, 5.41) is 0. The number of rotatable bonds is 2. The van der Waals surface area contributed by atoms with Crippen molar-refractivity contribution in [3.63, 3.8) is 0 Å². The molecule has 0 aliphatic rings. The van der Waals surface area contributed by atoms with E-state index in [2.05, 4.69) is 0 Å². The highest BCUT2D eigenvalue weighted by Crippen LogP contribution is 2.33. The van der Waals surface area contributed by atoms with Crippen LogP contribution in [0, 0.1) is 5.82 Å². The molecule has 90 valence electrons. The standard InChI is InChI=1S/C11H13F4N/c1-3-10(2,16)7-4-5-8(9(12)6-7)11(13,14)15/h4-6H,3,16H2,1-2H3. The molecule has 0 bridgehead atoms. The average molecular weight is 235 g/mol. The van der Waals surface area contributed by atoms with Gasteiger partial charge in [-0.3, -0.25) is 0 Å². The Bertz CT molecular complexity index is 382. The minimum Gasteiger partial charge on any atom is -0.322 e. The summed E-state index contributed by atoms with van der Waals surface area (Å²) < 4.78 is 50.1. The molecule has 1 unspecified atom stereocenters. The molecule has 0 aromatic heterocycles. The van der Waals surface area contributed by atoms with Crippen LogP contribution in [0.3, 0.4) is 0 Å². The Kier molecular flexibility index (Phi) is 3.28. The van der Waals surface area contributed by atoms with Crippen LogP contribution in [-0.2, 0) is 11.7 Å². The van der Waals surface area contributed by atoms with E-state index in [0.717, 1.165) is 12.1 Å². The molecule has 0 aliphatic heterocycles. The van der Waals surface area contributed by atoms with Crippen LogP contribution in [0.15, 0.2) is 18.2 Å². The quantitative estimate of drug-likeness (QED) is 0.781. The maximum Gasteiger partial charge on any atom is 0.419 e. The molecule has 0 fully saturated rings. The first-order valence-electron chi connectivity index (χ1n) is 4.84. The molecule has 0 aliphatic carbocycles. The monoisotopic (exact) mass is 235 g/mol. The first-order chi connectivity index (χ1) is 7.18. The van der Waals surface area contributed by atoms with Crippen molar-refractivity contribution >= 4 is 0 Å². The summed E-state index contributed by atoms with van der Waals surface area (Å²) in [6.07, 6.45) is -4.16. The second kappa shape index (κ2) is 4.05. The molecular formula is C11H13F4N. The lowest BCUT2D eigenvalue weighted by Gasteiger charge is -2.24. The van der Waals surface area contributed by atoms with E-state index in [0.29, 0.717) is 12.0 Å². The number of halogens is 4. The number of benzene rings is 1. The van der Waals surface area contributed by atoms with Crippen molar-refractivity contribution in [3.8, 4) is 0 Å². The van der Waals surface area contributed by atoms with Crippen molar-refractivity contribution in [3.05, 3.63) is 35.1 Å². The Hall–Kier alpha value is -1.10. The minimum atomic E-state index is -4.67. The fourth-order valence-electron chi connectivity index (χ4n) is 1.30. The van der Waals surface area contributed by atoms with Gasteiger partial charge >= 0.3 is 6.18 Å². The van der Waals surface area contributed by atoms with Crippen LogP contribution in [0.2, 0.25) is 0 Å². The Morgan fingerprint density at radius 1 is 1.25 bits per heavy atom. The third kappa shape index (κ3) is 2.52. The van der Waals surface area contributed by atoms with Crippen molar-refractivity contribution in [1.82, 2.24) is 0 Å². The van der Waals surface area contributed by atoms with Crippen molar-refractivity contribution in [2.75, 3.05) is 0 Å². The molecule has 5 heteroatoms. The molecule has 0 amide bonds. The lowest BCUT2D eigenvalue weighted by atomic mass is 9.90. The summed E-state index contributed by atoms with van der Waals surface area (Å²) >= 11 is 0. The molecule has 1 rings (SSSR count). The van der Waals surface area contributed by atoms with E-state index in [1.165, 1.54) is 6.07 Å². The van der Waals surface area contributed by atoms with Gasteiger partial charge in [-0.1, -0.05) is 13.0 Å². The van der Waals surface area contributed by atoms with Crippen LogP contribution in [0.4, 0.5) is 17.6 Å². The largest absolute Gasteiger partial charge is 0.419 e. The topological polar surface area (TPSA) is 26.0 Å². The van der Waals surface area contributed by atoms with Gasteiger partial charge in [0.05, 0.1) is 5.56 Å². The molecule has 1 atom stereocenters. The fraction of sp³-hybridized carbons (Fsp3) is 0.455. The van der Waals surface area contributed by atoms with Crippen molar-refractivity contribution in [2.24, 2.45) is 5.73 Å². The van der Waals surface area contributed by atoms with E-state index < -0.39 is 23.1 Å². The van der Waals surface area contributed by atoms with Gasteiger partial charge in [0, 0.05) is 5.54 Å². The van der Waals surface area contributed by atoms with Gasteiger partial charge in [0.1, 0.15) is 5.82 Å². The zero-order chi connectivity index (χ0) is 12.6. The Balaban J connectivity index is 3.20. The Morgan fingerprint density at radius 3 is 2.19 bits per heavy atom. The van der Waals surface area contributed by atoms with Gasteiger partial charge in [0.25, 0.3) is 0 Å². The highest BCUT2D eigenvalue weighted by Gasteiger charge is 2.34. The van der Waals surface area contributed by atoms with Crippen LogP contribution in [-0.4, -0.2) is 0 Å². The molecule has 0 spiro atoms. The van der Waals surface area contributed by atoms with Gasteiger partial charge in [-0.05, 0) is 31.0 Å². The summed E-state index contributed by atoms with van der Waals surface area (Å²) in [5.41, 5.74) is 4.10. The van der Waals surface area contributed by atoms with E-state index >= 15 is 0 Å². The second-order valence-corrected chi connectivity index (χ2v) is 3.96. The van der Waals surface area contributed by atoms with E-state index in [-0.39, 0.29) is 0 Å². The summed E-state index contributed by atoms with van der Waals surface area (Å²) in [7, 11) is 0. The van der Waals surface area contributed by atoms with Crippen molar-refractivity contribution < 1.29 is 17.6 Å². The predicted octanol–water partition coefficient (Wildman–Crippen LogP) is 3.43. The van der Waals surface area contributed by atoms with Crippen molar-refractivity contribution in [2.45, 2.75) is 32.0 Å². The number of hydrogen-bond donors (Lipinski definition) is 1. The van der Waals surface area contributed by atoms with E-state index in [1.807, 2.05) is 0 Å². The molecule has 1 aromatic carbocycles. The van der Waals surface area contributed by atoms with Crippen LogP contribution in [0.5, 0.6) is 0 Å². The third-order valence-corrected chi connectivity index (χ3v) is 2.67. The number of hydrogen-bond acceptors (Lipinski definition) is 1. The zero-order valence-electron chi connectivity index (χ0n) is 9.03. The molecule has 16 heavy (non-hydrogen) atoms. The molecule has 2 N–H and O–H groups in total. The summed E-state index contributed by atoms with van der Waals surface area (Å²) in [6.45, 7) is 3.44. The summed E-state index contributed by atoms with van der Waals surface area (Å²) in [6, 6.07) is 2.80. The van der Waals surface area contributed by atoms with E-state index in [9.17, 15) is 17.6 Å². The molecule has 0 heterocycles. The van der Waals surface area contributed by atoms with Gasteiger partial charge in [-0.2, -0.15) is 13.2 Å². The molecular weight excluding hydrogens is 222 g/mol. The van der Waals surface area contributed by atoms with Gasteiger partial charge in [-0.25, -0.2) is 4.39 Å².